The van der Waals surface area contributed by atoms with Crippen molar-refractivity contribution >= 4 is 23.5 Å². The van der Waals surface area contributed by atoms with Crippen molar-refractivity contribution in [1.29, 1.82) is 0 Å². The summed E-state index contributed by atoms with van der Waals surface area (Å²) in [5.41, 5.74) is 1.53. The Kier molecular flexibility index (Phi) is 3.97. The summed E-state index contributed by atoms with van der Waals surface area (Å²) < 4.78 is 13.1. The average Bonchev–Trinajstić information content (AvgIpc) is 2.41. The molecule has 0 aliphatic heterocycles. The highest BCUT2D eigenvalue weighted by Crippen LogP contribution is 2.20. The summed E-state index contributed by atoms with van der Waals surface area (Å²) in [6.07, 6.45) is 0. The van der Waals surface area contributed by atoms with Gasteiger partial charge in [0.25, 0.3) is 0 Å². The number of anilines is 4. The molecule has 0 amide bonds. The van der Waals surface area contributed by atoms with Crippen LogP contribution in [0.3, 0.4) is 0 Å². The van der Waals surface area contributed by atoms with Gasteiger partial charge in [-0.05, 0) is 30.7 Å². The van der Waals surface area contributed by atoms with Crippen molar-refractivity contribution in [1.82, 2.24) is 15.0 Å². The lowest BCUT2D eigenvalue weighted by Crippen LogP contribution is -2.15. The highest BCUT2D eigenvalue weighted by atomic mass is 19.1. The van der Waals surface area contributed by atoms with Crippen LogP contribution < -0.4 is 15.5 Å². The van der Waals surface area contributed by atoms with Crippen LogP contribution >= 0.6 is 0 Å². The lowest BCUT2D eigenvalue weighted by molar-refractivity contribution is 0.627. The molecule has 0 radical (unpaired) electrons. The molecular formula is C13H17FN6. The standard InChI is InChI=1S/C13H17FN6/c1-8-7-9(14)5-6-10(8)16-12-17-11(15-2)18-13(19-12)20(3)4/h5-7H,1-4H3,(H2,15,16,17,18,19). The molecule has 0 spiro atoms. The number of hydrogen-bond acceptors (Lipinski definition) is 6. The highest BCUT2D eigenvalue weighted by Gasteiger charge is 2.08. The Morgan fingerprint density at radius 3 is 2.40 bits per heavy atom. The maximum atomic E-state index is 13.1. The second-order valence-corrected chi connectivity index (χ2v) is 4.51. The third-order valence-corrected chi connectivity index (χ3v) is 2.68. The fourth-order valence-corrected chi connectivity index (χ4v) is 1.62. The van der Waals surface area contributed by atoms with Gasteiger partial charge in [0.2, 0.25) is 17.8 Å². The van der Waals surface area contributed by atoms with Gasteiger partial charge in [0, 0.05) is 26.8 Å². The van der Waals surface area contributed by atoms with E-state index >= 15 is 0 Å². The summed E-state index contributed by atoms with van der Waals surface area (Å²) in [6, 6.07) is 4.50. The first-order valence-electron chi connectivity index (χ1n) is 6.14. The normalized spacial score (nSPS) is 10.2. The smallest absolute Gasteiger partial charge is 0.233 e. The maximum Gasteiger partial charge on any atom is 0.233 e. The maximum absolute atomic E-state index is 13.1. The van der Waals surface area contributed by atoms with Crippen LogP contribution in [0.1, 0.15) is 5.56 Å². The molecule has 7 heteroatoms. The summed E-state index contributed by atoms with van der Waals surface area (Å²) in [4.78, 5) is 14.5. The van der Waals surface area contributed by atoms with Gasteiger partial charge in [0.15, 0.2) is 0 Å². The molecule has 20 heavy (non-hydrogen) atoms. The fraction of sp³-hybridized carbons (Fsp3) is 0.308. The topological polar surface area (TPSA) is 66.0 Å². The third kappa shape index (κ3) is 3.11. The Balaban J connectivity index is 2.34. The van der Waals surface area contributed by atoms with Crippen molar-refractivity contribution < 1.29 is 4.39 Å². The summed E-state index contributed by atoms with van der Waals surface area (Å²) in [5.74, 6) is 1.13. The molecule has 0 saturated heterocycles. The van der Waals surface area contributed by atoms with Gasteiger partial charge in [-0.3, -0.25) is 0 Å². The van der Waals surface area contributed by atoms with Gasteiger partial charge in [0.1, 0.15) is 5.82 Å². The van der Waals surface area contributed by atoms with Gasteiger partial charge >= 0.3 is 0 Å². The van der Waals surface area contributed by atoms with Gasteiger partial charge < -0.3 is 15.5 Å². The van der Waals surface area contributed by atoms with Crippen LogP contribution in [0.5, 0.6) is 0 Å². The lowest BCUT2D eigenvalue weighted by atomic mass is 10.2. The first kappa shape index (κ1) is 14.0. The van der Waals surface area contributed by atoms with Crippen LogP contribution in [0.2, 0.25) is 0 Å². The average molecular weight is 276 g/mol. The zero-order valence-electron chi connectivity index (χ0n) is 11.9. The molecule has 0 unspecified atom stereocenters. The Labute approximate surface area is 117 Å². The van der Waals surface area contributed by atoms with E-state index in [0.717, 1.165) is 11.3 Å². The minimum absolute atomic E-state index is 0.270. The number of nitrogens with one attached hydrogen (secondary N) is 2. The molecule has 6 nitrogen and oxygen atoms in total. The van der Waals surface area contributed by atoms with Gasteiger partial charge in [-0.1, -0.05) is 0 Å². The van der Waals surface area contributed by atoms with Crippen molar-refractivity contribution in [3.8, 4) is 0 Å². The molecule has 2 rings (SSSR count). The molecule has 2 aromatic rings. The Morgan fingerprint density at radius 2 is 1.80 bits per heavy atom. The molecule has 0 aliphatic rings. The second-order valence-electron chi connectivity index (χ2n) is 4.51. The quantitative estimate of drug-likeness (QED) is 0.892. The van der Waals surface area contributed by atoms with E-state index in [9.17, 15) is 4.39 Å². The van der Waals surface area contributed by atoms with Crippen LogP contribution in [0, 0.1) is 12.7 Å². The molecule has 0 bridgehead atoms. The largest absolute Gasteiger partial charge is 0.357 e. The minimum Gasteiger partial charge on any atom is -0.357 e. The summed E-state index contributed by atoms with van der Waals surface area (Å²) in [7, 11) is 5.44. The van der Waals surface area contributed by atoms with Crippen molar-refractivity contribution in [2.24, 2.45) is 0 Å². The summed E-state index contributed by atoms with van der Waals surface area (Å²) in [6.45, 7) is 1.82. The SMILES string of the molecule is CNc1nc(Nc2ccc(F)cc2C)nc(N(C)C)n1. The van der Waals surface area contributed by atoms with E-state index < -0.39 is 0 Å². The first-order chi connectivity index (χ1) is 9.49. The number of benzene rings is 1. The monoisotopic (exact) mass is 276 g/mol. The van der Waals surface area contributed by atoms with Crippen LogP contribution in [0.15, 0.2) is 18.2 Å². The molecular weight excluding hydrogens is 259 g/mol. The van der Waals surface area contributed by atoms with E-state index in [1.165, 1.54) is 12.1 Å². The number of nitrogens with zero attached hydrogens (tertiary/aromatic N) is 4. The lowest BCUT2D eigenvalue weighted by Gasteiger charge is -2.14. The van der Waals surface area contributed by atoms with E-state index in [4.69, 9.17) is 0 Å². The van der Waals surface area contributed by atoms with Crippen LogP contribution in [0.4, 0.5) is 27.9 Å². The molecule has 0 atom stereocenters. The van der Waals surface area contributed by atoms with E-state index in [1.807, 2.05) is 21.0 Å². The zero-order valence-corrected chi connectivity index (χ0v) is 11.9. The predicted octanol–water partition coefficient (Wildman–Crippen LogP) is 2.17. The second kappa shape index (κ2) is 5.68. The molecule has 1 aromatic heterocycles. The number of aryl methyl sites for hydroxylation is 1. The van der Waals surface area contributed by atoms with Gasteiger partial charge in [-0.15, -0.1) is 0 Å². The van der Waals surface area contributed by atoms with Gasteiger partial charge in [-0.2, -0.15) is 15.0 Å². The molecule has 0 aliphatic carbocycles. The molecule has 2 N–H and O–H groups in total. The molecule has 1 aromatic carbocycles. The highest BCUT2D eigenvalue weighted by molar-refractivity contribution is 5.59. The molecule has 0 saturated carbocycles. The zero-order chi connectivity index (χ0) is 14.7. The van der Waals surface area contributed by atoms with E-state index in [-0.39, 0.29) is 5.82 Å². The van der Waals surface area contributed by atoms with Gasteiger partial charge in [-0.25, -0.2) is 4.39 Å². The van der Waals surface area contributed by atoms with Gasteiger partial charge in [0.05, 0.1) is 0 Å². The van der Waals surface area contributed by atoms with Crippen LogP contribution in [-0.4, -0.2) is 36.1 Å². The van der Waals surface area contributed by atoms with E-state index in [2.05, 4.69) is 25.6 Å². The van der Waals surface area contributed by atoms with Crippen molar-refractivity contribution in [3.63, 3.8) is 0 Å². The van der Waals surface area contributed by atoms with E-state index in [1.54, 1.807) is 18.0 Å². The summed E-state index contributed by atoms with van der Waals surface area (Å²) in [5, 5.41) is 5.96. The van der Waals surface area contributed by atoms with Crippen LogP contribution in [-0.2, 0) is 0 Å². The number of rotatable bonds is 4. The predicted molar refractivity (Wildman–Crippen MR) is 78.1 cm³/mol. The number of hydrogen-bond donors (Lipinski definition) is 2. The number of halogens is 1. The van der Waals surface area contributed by atoms with Crippen molar-refractivity contribution in [2.75, 3.05) is 36.7 Å². The van der Waals surface area contributed by atoms with Crippen molar-refractivity contribution in [2.45, 2.75) is 6.92 Å². The molecule has 0 fully saturated rings. The molecule has 1 heterocycles. The first-order valence-corrected chi connectivity index (χ1v) is 6.14. The Hall–Kier alpha value is -2.44. The molecule has 106 valence electrons. The van der Waals surface area contributed by atoms with Crippen LogP contribution in [0.25, 0.3) is 0 Å². The third-order valence-electron chi connectivity index (χ3n) is 2.68. The fourth-order valence-electron chi connectivity index (χ4n) is 1.62. The number of aromatic nitrogens is 3. The Morgan fingerprint density at radius 1 is 1.10 bits per heavy atom. The minimum atomic E-state index is -0.270. The summed E-state index contributed by atoms with van der Waals surface area (Å²) >= 11 is 0. The van der Waals surface area contributed by atoms with E-state index in [0.29, 0.717) is 17.8 Å². The Bertz CT molecular complexity index is 614. The van der Waals surface area contributed by atoms with Crippen molar-refractivity contribution in [3.05, 3.63) is 29.6 Å².